The highest BCUT2D eigenvalue weighted by Crippen LogP contribution is 2.23. The predicted octanol–water partition coefficient (Wildman–Crippen LogP) is 1.22. The number of aromatic nitrogens is 1. The summed E-state index contributed by atoms with van der Waals surface area (Å²) < 4.78 is 5.60. The lowest BCUT2D eigenvalue weighted by atomic mass is 10.4. The van der Waals surface area contributed by atoms with E-state index in [0.717, 1.165) is 36.1 Å². The van der Waals surface area contributed by atoms with Gasteiger partial charge in [0.05, 0.1) is 6.10 Å². The highest BCUT2D eigenvalue weighted by molar-refractivity contribution is 7.15. The molecule has 0 spiro atoms. The first-order valence-corrected chi connectivity index (χ1v) is 6.12. The average molecular weight is 227 g/mol. The maximum absolute atomic E-state index is 5.60. The van der Waals surface area contributed by atoms with Crippen LogP contribution in [0.25, 0.3) is 0 Å². The lowest BCUT2D eigenvalue weighted by Crippen LogP contribution is -2.29. The molecule has 1 unspecified atom stereocenters. The minimum Gasteiger partial charge on any atom is -0.377 e. The molecule has 1 aromatic heterocycles. The Bertz CT molecular complexity index is 315. The van der Waals surface area contributed by atoms with Crippen molar-refractivity contribution in [3.63, 3.8) is 0 Å². The molecule has 84 valence electrons. The average Bonchev–Trinajstić information content (AvgIpc) is 2.61. The zero-order valence-corrected chi connectivity index (χ0v) is 9.80. The van der Waals surface area contributed by atoms with Crippen molar-refractivity contribution in [2.24, 2.45) is 5.73 Å². The first-order chi connectivity index (χ1) is 7.29. The summed E-state index contributed by atoms with van der Waals surface area (Å²) in [5.41, 5.74) is 5.58. The Balaban J connectivity index is 2.07. The fraction of sp³-hybridized carbons (Fsp3) is 0.700. The molecule has 1 fully saturated rings. The van der Waals surface area contributed by atoms with Crippen molar-refractivity contribution in [1.82, 2.24) is 4.98 Å². The first-order valence-electron chi connectivity index (χ1n) is 5.31. The Kier molecular flexibility index (Phi) is 3.56. The third kappa shape index (κ3) is 2.68. The lowest BCUT2D eigenvalue weighted by Gasteiger charge is -2.20. The number of anilines is 1. The molecule has 0 saturated carbocycles. The van der Waals surface area contributed by atoms with Crippen LogP contribution in [0.15, 0.2) is 6.20 Å². The number of nitrogens with two attached hydrogens (primary N) is 1. The van der Waals surface area contributed by atoms with E-state index < -0.39 is 0 Å². The molecule has 0 bridgehead atoms. The number of thiazole rings is 1. The minimum atomic E-state index is 0.290. The second-order valence-corrected chi connectivity index (χ2v) is 4.89. The molecular weight excluding hydrogens is 210 g/mol. The molecule has 1 aliphatic heterocycles. The van der Waals surface area contributed by atoms with Crippen LogP contribution in [0.2, 0.25) is 0 Å². The zero-order valence-electron chi connectivity index (χ0n) is 8.98. The Morgan fingerprint density at radius 3 is 3.33 bits per heavy atom. The molecule has 0 amide bonds. The van der Waals surface area contributed by atoms with Crippen LogP contribution < -0.4 is 10.6 Å². The van der Waals surface area contributed by atoms with Gasteiger partial charge < -0.3 is 15.4 Å². The van der Waals surface area contributed by atoms with Gasteiger partial charge in [0, 0.05) is 37.3 Å². The van der Waals surface area contributed by atoms with E-state index in [-0.39, 0.29) is 6.10 Å². The van der Waals surface area contributed by atoms with E-state index in [0.29, 0.717) is 6.54 Å². The summed E-state index contributed by atoms with van der Waals surface area (Å²) >= 11 is 1.68. The van der Waals surface area contributed by atoms with E-state index in [1.54, 1.807) is 11.3 Å². The summed E-state index contributed by atoms with van der Waals surface area (Å²) in [7, 11) is 0. The number of hydrogen-bond donors (Lipinski definition) is 1. The van der Waals surface area contributed by atoms with Gasteiger partial charge in [-0.2, -0.15) is 0 Å². The van der Waals surface area contributed by atoms with Crippen LogP contribution in [0.4, 0.5) is 5.13 Å². The molecule has 0 aliphatic carbocycles. The van der Waals surface area contributed by atoms with Crippen LogP contribution >= 0.6 is 11.3 Å². The molecule has 0 radical (unpaired) electrons. The molecule has 5 heteroatoms. The van der Waals surface area contributed by atoms with Crippen molar-refractivity contribution in [3.8, 4) is 0 Å². The maximum Gasteiger partial charge on any atom is 0.185 e. The number of nitrogens with zero attached hydrogens (tertiary/aromatic N) is 2. The number of rotatable bonds is 2. The molecule has 1 aliphatic rings. The van der Waals surface area contributed by atoms with Crippen molar-refractivity contribution < 1.29 is 4.74 Å². The van der Waals surface area contributed by atoms with Crippen LogP contribution in [-0.2, 0) is 11.3 Å². The van der Waals surface area contributed by atoms with Crippen molar-refractivity contribution in [2.45, 2.75) is 26.0 Å². The summed E-state index contributed by atoms with van der Waals surface area (Å²) in [4.78, 5) is 7.83. The molecule has 1 atom stereocenters. The Hall–Kier alpha value is -0.650. The lowest BCUT2D eigenvalue weighted by molar-refractivity contribution is 0.0821. The van der Waals surface area contributed by atoms with Crippen molar-refractivity contribution in [3.05, 3.63) is 11.1 Å². The minimum absolute atomic E-state index is 0.290. The Morgan fingerprint density at radius 1 is 1.73 bits per heavy atom. The third-order valence-corrected chi connectivity index (χ3v) is 3.55. The largest absolute Gasteiger partial charge is 0.377 e. The van der Waals surface area contributed by atoms with Crippen molar-refractivity contribution in [2.75, 3.05) is 24.6 Å². The molecule has 15 heavy (non-hydrogen) atoms. The summed E-state index contributed by atoms with van der Waals surface area (Å²) in [5, 5.41) is 1.08. The monoisotopic (exact) mass is 227 g/mol. The molecule has 1 aromatic rings. The standard InChI is InChI=1S/C10H17N3OS/c1-8-7-13(3-2-4-14-8)10-12-6-9(5-11)15-10/h6,8H,2-5,7,11H2,1H3. The van der Waals surface area contributed by atoms with Crippen molar-refractivity contribution >= 4 is 16.5 Å². The molecule has 0 aromatic carbocycles. The van der Waals surface area contributed by atoms with Gasteiger partial charge in [0.2, 0.25) is 0 Å². The van der Waals surface area contributed by atoms with Crippen LogP contribution in [-0.4, -0.2) is 30.8 Å². The second kappa shape index (κ2) is 4.92. The molecule has 2 N–H and O–H groups in total. The van der Waals surface area contributed by atoms with E-state index in [1.807, 2.05) is 6.20 Å². The summed E-state index contributed by atoms with van der Waals surface area (Å²) in [6.07, 6.45) is 3.23. The van der Waals surface area contributed by atoms with Gasteiger partial charge in [0.25, 0.3) is 0 Å². The summed E-state index contributed by atoms with van der Waals surface area (Å²) in [6, 6.07) is 0. The smallest absolute Gasteiger partial charge is 0.185 e. The highest BCUT2D eigenvalue weighted by atomic mass is 32.1. The van der Waals surface area contributed by atoms with Gasteiger partial charge in [-0.3, -0.25) is 0 Å². The fourth-order valence-electron chi connectivity index (χ4n) is 1.71. The van der Waals surface area contributed by atoms with Gasteiger partial charge >= 0.3 is 0 Å². The molecule has 4 nitrogen and oxygen atoms in total. The van der Waals surface area contributed by atoms with Gasteiger partial charge in [-0.15, -0.1) is 11.3 Å². The number of ether oxygens (including phenoxy) is 1. The summed E-state index contributed by atoms with van der Waals surface area (Å²) in [5.74, 6) is 0. The van der Waals surface area contributed by atoms with Crippen LogP contribution in [0.1, 0.15) is 18.2 Å². The third-order valence-electron chi connectivity index (χ3n) is 2.47. The quantitative estimate of drug-likeness (QED) is 0.825. The Morgan fingerprint density at radius 2 is 2.60 bits per heavy atom. The highest BCUT2D eigenvalue weighted by Gasteiger charge is 2.17. The van der Waals surface area contributed by atoms with Crippen molar-refractivity contribution in [1.29, 1.82) is 0 Å². The molecule has 1 saturated heterocycles. The van der Waals surface area contributed by atoms with Gasteiger partial charge in [0.1, 0.15) is 0 Å². The van der Waals surface area contributed by atoms with E-state index >= 15 is 0 Å². The van der Waals surface area contributed by atoms with Crippen LogP contribution in [0.5, 0.6) is 0 Å². The van der Waals surface area contributed by atoms with Crippen LogP contribution in [0, 0.1) is 0 Å². The SMILES string of the molecule is CC1CN(c2ncc(CN)s2)CCCO1. The number of hydrogen-bond acceptors (Lipinski definition) is 5. The molecular formula is C10H17N3OS. The Labute approximate surface area is 94.1 Å². The van der Waals surface area contributed by atoms with E-state index in [9.17, 15) is 0 Å². The van der Waals surface area contributed by atoms with Crippen LogP contribution in [0.3, 0.4) is 0 Å². The fourth-order valence-corrected chi connectivity index (χ4v) is 2.53. The molecule has 2 heterocycles. The summed E-state index contributed by atoms with van der Waals surface area (Å²) in [6.45, 7) is 5.50. The van der Waals surface area contributed by atoms with E-state index in [4.69, 9.17) is 10.5 Å². The van der Waals surface area contributed by atoms with Gasteiger partial charge in [-0.05, 0) is 13.3 Å². The first kappa shape index (κ1) is 10.9. The van der Waals surface area contributed by atoms with E-state index in [2.05, 4.69) is 16.8 Å². The second-order valence-electron chi connectivity index (χ2n) is 3.79. The molecule has 2 rings (SSSR count). The van der Waals surface area contributed by atoms with Gasteiger partial charge in [-0.1, -0.05) is 0 Å². The van der Waals surface area contributed by atoms with E-state index in [1.165, 1.54) is 0 Å². The van der Waals surface area contributed by atoms with Gasteiger partial charge in [-0.25, -0.2) is 4.98 Å². The topological polar surface area (TPSA) is 51.4 Å². The van der Waals surface area contributed by atoms with Gasteiger partial charge in [0.15, 0.2) is 5.13 Å². The normalized spacial score (nSPS) is 22.8. The predicted molar refractivity (Wildman–Crippen MR) is 62.2 cm³/mol. The maximum atomic E-state index is 5.60. The zero-order chi connectivity index (χ0) is 10.7.